The van der Waals surface area contributed by atoms with Crippen LogP contribution < -0.4 is 0 Å². The highest BCUT2D eigenvalue weighted by Crippen LogP contribution is 2.42. The van der Waals surface area contributed by atoms with E-state index in [-0.39, 0.29) is 6.08 Å². The van der Waals surface area contributed by atoms with Gasteiger partial charge in [-0.2, -0.15) is 13.2 Å². The van der Waals surface area contributed by atoms with Crippen LogP contribution in [0.4, 0.5) is 17.6 Å². The maximum Gasteiger partial charge on any atom is 0.412 e. The molecular weight excluding hydrogens is 484 g/mol. The lowest BCUT2D eigenvalue weighted by atomic mass is 9.75. The molecule has 0 bridgehead atoms. The first-order valence-corrected chi connectivity index (χ1v) is 15.5. The summed E-state index contributed by atoms with van der Waals surface area (Å²) in [5.41, 5.74) is 2.68. The van der Waals surface area contributed by atoms with E-state index in [1.54, 1.807) is 0 Å². The second-order valence-electron chi connectivity index (χ2n) is 12.6. The van der Waals surface area contributed by atoms with Crippen molar-refractivity contribution in [3.8, 4) is 0 Å². The van der Waals surface area contributed by atoms with Gasteiger partial charge in [0.2, 0.25) is 0 Å². The van der Waals surface area contributed by atoms with Gasteiger partial charge in [-0.1, -0.05) is 69.0 Å². The summed E-state index contributed by atoms with van der Waals surface area (Å²) < 4.78 is 51.3. The van der Waals surface area contributed by atoms with Gasteiger partial charge in [0, 0.05) is 5.92 Å². The molecule has 0 amide bonds. The van der Waals surface area contributed by atoms with Gasteiger partial charge >= 0.3 is 6.18 Å². The fourth-order valence-corrected chi connectivity index (χ4v) is 7.33. The van der Waals surface area contributed by atoms with Crippen LogP contribution in [0.2, 0.25) is 0 Å². The SMILES string of the molecule is CCCCCC1CCC(/C=C/C2CCC(c3ccc(C4CCC(/C(F)=C/C(F)(F)F)CC4)cc3)CC2)CC1. The Morgan fingerprint density at radius 3 is 1.66 bits per heavy atom. The van der Waals surface area contributed by atoms with Crippen LogP contribution in [0.25, 0.3) is 0 Å². The first kappa shape index (κ1) is 29.4. The summed E-state index contributed by atoms with van der Waals surface area (Å²) >= 11 is 0. The normalized spacial score (nSPS) is 31.6. The van der Waals surface area contributed by atoms with Crippen molar-refractivity contribution in [2.75, 3.05) is 0 Å². The van der Waals surface area contributed by atoms with E-state index in [1.807, 2.05) is 0 Å². The van der Waals surface area contributed by atoms with Gasteiger partial charge in [-0.15, -0.1) is 0 Å². The van der Waals surface area contributed by atoms with Crippen LogP contribution in [0.3, 0.4) is 0 Å². The Morgan fingerprint density at radius 2 is 1.18 bits per heavy atom. The van der Waals surface area contributed by atoms with Crippen LogP contribution in [0.5, 0.6) is 0 Å². The van der Waals surface area contributed by atoms with Crippen molar-refractivity contribution in [3.63, 3.8) is 0 Å². The number of allylic oxidation sites excluding steroid dienone is 4. The maximum atomic E-state index is 13.9. The molecule has 0 heterocycles. The predicted molar refractivity (Wildman–Crippen MR) is 150 cm³/mol. The van der Waals surface area contributed by atoms with E-state index in [2.05, 4.69) is 43.3 Å². The number of hydrogen-bond donors (Lipinski definition) is 0. The molecule has 212 valence electrons. The van der Waals surface area contributed by atoms with E-state index in [0.717, 1.165) is 30.6 Å². The zero-order chi connectivity index (χ0) is 27.0. The van der Waals surface area contributed by atoms with Crippen molar-refractivity contribution < 1.29 is 17.6 Å². The Morgan fingerprint density at radius 1 is 0.711 bits per heavy atom. The summed E-state index contributed by atoms with van der Waals surface area (Å²) in [6, 6.07) is 8.97. The van der Waals surface area contributed by atoms with E-state index in [1.165, 1.54) is 88.2 Å². The van der Waals surface area contributed by atoms with E-state index in [4.69, 9.17) is 0 Å². The van der Waals surface area contributed by atoms with Gasteiger partial charge in [-0.25, -0.2) is 4.39 Å². The molecule has 0 unspecified atom stereocenters. The van der Waals surface area contributed by atoms with Gasteiger partial charge in [0.25, 0.3) is 0 Å². The second kappa shape index (κ2) is 14.2. The number of unbranched alkanes of at least 4 members (excludes halogenated alkanes) is 2. The number of halogens is 4. The summed E-state index contributed by atoms with van der Waals surface area (Å²) in [6.45, 7) is 2.29. The van der Waals surface area contributed by atoms with Crippen molar-refractivity contribution in [2.24, 2.45) is 23.7 Å². The van der Waals surface area contributed by atoms with Gasteiger partial charge in [0.05, 0.1) is 6.08 Å². The van der Waals surface area contributed by atoms with E-state index in [0.29, 0.717) is 24.7 Å². The standard InChI is InChI=1S/C34H48F4/c1-2-3-4-5-25-6-8-26(9-7-25)10-11-27-12-14-28(15-13-27)29-16-18-30(19-17-29)31-20-22-32(23-21-31)33(35)24-34(36,37)38/h10-11,16-19,24-28,31-32H,2-9,12-15,20-23H2,1H3/b11-10+,33-24-. The Hall–Kier alpha value is -1.58. The fourth-order valence-electron chi connectivity index (χ4n) is 7.33. The molecule has 0 aromatic heterocycles. The lowest BCUT2D eigenvalue weighted by Crippen LogP contribution is -2.16. The average Bonchev–Trinajstić information content (AvgIpc) is 2.92. The highest BCUT2D eigenvalue weighted by Gasteiger charge is 2.31. The molecule has 0 atom stereocenters. The summed E-state index contributed by atoms with van der Waals surface area (Å²) in [7, 11) is 0. The van der Waals surface area contributed by atoms with Crippen LogP contribution in [0, 0.1) is 23.7 Å². The predicted octanol–water partition coefficient (Wildman–Crippen LogP) is 11.6. The summed E-state index contributed by atoms with van der Waals surface area (Å²) in [4.78, 5) is 0. The van der Waals surface area contributed by atoms with Gasteiger partial charge in [-0.05, 0) is 118 Å². The summed E-state index contributed by atoms with van der Waals surface area (Å²) in [5, 5.41) is 0. The van der Waals surface area contributed by atoms with Gasteiger partial charge in [0.15, 0.2) is 0 Å². The third-order valence-corrected chi connectivity index (χ3v) is 9.83. The molecule has 3 aliphatic carbocycles. The Kier molecular flexibility index (Phi) is 11.0. The topological polar surface area (TPSA) is 0 Å². The van der Waals surface area contributed by atoms with E-state index >= 15 is 0 Å². The minimum Gasteiger partial charge on any atom is -0.212 e. The monoisotopic (exact) mass is 532 g/mol. The first-order valence-electron chi connectivity index (χ1n) is 15.5. The molecule has 1 aromatic carbocycles. The van der Waals surface area contributed by atoms with Crippen LogP contribution in [0.1, 0.15) is 133 Å². The fraction of sp³-hybridized carbons (Fsp3) is 0.706. The molecule has 3 fully saturated rings. The van der Waals surface area contributed by atoms with Gasteiger partial charge in [0.1, 0.15) is 5.83 Å². The van der Waals surface area contributed by atoms with Crippen LogP contribution in [-0.2, 0) is 0 Å². The summed E-state index contributed by atoms with van der Waals surface area (Å²) in [5.74, 6) is 1.89. The molecule has 4 rings (SSSR count). The molecular formula is C34H48F4. The van der Waals surface area contributed by atoms with Crippen LogP contribution in [-0.4, -0.2) is 6.18 Å². The highest BCUT2D eigenvalue weighted by atomic mass is 19.4. The van der Waals surface area contributed by atoms with Crippen molar-refractivity contribution in [1.82, 2.24) is 0 Å². The molecule has 0 N–H and O–H groups in total. The Balaban J connectivity index is 1.17. The van der Waals surface area contributed by atoms with E-state index in [9.17, 15) is 17.6 Å². The summed E-state index contributed by atoms with van der Waals surface area (Å²) in [6.07, 6.45) is 19.1. The average molecular weight is 533 g/mol. The van der Waals surface area contributed by atoms with Gasteiger partial charge in [-0.3, -0.25) is 0 Å². The Labute approximate surface area is 228 Å². The molecule has 4 heteroatoms. The molecule has 0 spiro atoms. The quantitative estimate of drug-likeness (QED) is 0.168. The number of rotatable bonds is 9. The molecule has 1 aromatic rings. The molecule has 3 aliphatic rings. The van der Waals surface area contributed by atoms with E-state index < -0.39 is 17.9 Å². The lowest BCUT2D eigenvalue weighted by molar-refractivity contribution is -0.0820. The van der Waals surface area contributed by atoms with Crippen molar-refractivity contribution in [2.45, 2.75) is 128 Å². The van der Waals surface area contributed by atoms with Crippen LogP contribution in [0.15, 0.2) is 48.3 Å². The smallest absolute Gasteiger partial charge is 0.212 e. The minimum atomic E-state index is -4.57. The zero-order valence-corrected chi connectivity index (χ0v) is 23.3. The molecule has 38 heavy (non-hydrogen) atoms. The van der Waals surface area contributed by atoms with Crippen molar-refractivity contribution >= 4 is 0 Å². The van der Waals surface area contributed by atoms with Crippen molar-refractivity contribution in [1.29, 1.82) is 0 Å². The first-order chi connectivity index (χ1) is 18.3. The maximum absolute atomic E-state index is 13.9. The molecule has 0 aliphatic heterocycles. The van der Waals surface area contributed by atoms with Crippen LogP contribution >= 0.6 is 0 Å². The lowest BCUT2D eigenvalue weighted by Gasteiger charge is -2.30. The number of alkyl halides is 3. The Bertz CT molecular complexity index is 872. The van der Waals surface area contributed by atoms with Gasteiger partial charge < -0.3 is 0 Å². The third-order valence-electron chi connectivity index (χ3n) is 9.83. The second-order valence-corrected chi connectivity index (χ2v) is 12.6. The zero-order valence-electron chi connectivity index (χ0n) is 23.3. The molecule has 0 nitrogen and oxygen atoms in total. The van der Waals surface area contributed by atoms with Crippen molar-refractivity contribution in [3.05, 3.63) is 59.4 Å². The highest BCUT2D eigenvalue weighted by molar-refractivity contribution is 5.28. The third kappa shape index (κ3) is 8.98. The number of hydrogen-bond acceptors (Lipinski definition) is 0. The largest absolute Gasteiger partial charge is 0.412 e. The number of benzene rings is 1. The molecule has 0 saturated heterocycles. The molecule has 3 saturated carbocycles. The molecule has 0 radical (unpaired) electrons. The minimum absolute atomic E-state index is 0.155.